The number of halogens is 4. The first-order valence-corrected chi connectivity index (χ1v) is 8.49. The van der Waals surface area contributed by atoms with Gasteiger partial charge in [0.1, 0.15) is 5.69 Å². The molecule has 29 heavy (non-hydrogen) atoms. The molecule has 0 unspecified atom stereocenters. The average molecular weight is 424 g/mol. The Balaban J connectivity index is 1.94. The molecular weight excluding hydrogens is 411 g/mol. The normalized spacial score (nSPS) is 11.2. The number of nitrogens with zero attached hydrogens (tertiary/aromatic N) is 2. The standard InChI is InChI=1S/C19H13ClF3N3O3/c1-10-6-12(11-2-3-14(20)15(9-11)29-18(27)28)8-13(7-10)25-17-24-5-4-16(26-17)19(21,22)23/h2-9H,1H3,(H,27,28)(H,24,25,26). The topological polar surface area (TPSA) is 84.3 Å². The Morgan fingerprint density at radius 1 is 1.14 bits per heavy atom. The zero-order valence-electron chi connectivity index (χ0n) is 14.8. The lowest BCUT2D eigenvalue weighted by molar-refractivity contribution is -0.141. The molecule has 6 nitrogen and oxygen atoms in total. The summed E-state index contributed by atoms with van der Waals surface area (Å²) in [6.45, 7) is 1.80. The fourth-order valence-electron chi connectivity index (χ4n) is 2.58. The minimum Gasteiger partial charge on any atom is -0.449 e. The average Bonchev–Trinajstić information content (AvgIpc) is 2.62. The van der Waals surface area contributed by atoms with Gasteiger partial charge in [0.2, 0.25) is 5.95 Å². The van der Waals surface area contributed by atoms with Crippen molar-refractivity contribution in [1.29, 1.82) is 0 Å². The van der Waals surface area contributed by atoms with E-state index in [2.05, 4.69) is 20.0 Å². The Morgan fingerprint density at radius 2 is 1.90 bits per heavy atom. The van der Waals surface area contributed by atoms with Gasteiger partial charge in [-0.25, -0.2) is 14.8 Å². The molecule has 0 saturated heterocycles. The molecule has 0 aliphatic rings. The third kappa shape index (κ3) is 5.14. The highest BCUT2D eigenvalue weighted by molar-refractivity contribution is 6.32. The summed E-state index contributed by atoms with van der Waals surface area (Å²) in [7, 11) is 0. The van der Waals surface area contributed by atoms with Crippen LogP contribution in [0.2, 0.25) is 5.02 Å². The van der Waals surface area contributed by atoms with Crippen molar-refractivity contribution in [1.82, 2.24) is 9.97 Å². The lowest BCUT2D eigenvalue weighted by Crippen LogP contribution is -2.10. The van der Waals surface area contributed by atoms with Crippen LogP contribution in [0.4, 0.5) is 29.6 Å². The highest BCUT2D eigenvalue weighted by Crippen LogP contribution is 2.33. The molecule has 150 valence electrons. The third-order valence-corrected chi connectivity index (χ3v) is 4.05. The molecule has 0 spiro atoms. The van der Waals surface area contributed by atoms with Crippen molar-refractivity contribution >= 4 is 29.4 Å². The summed E-state index contributed by atoms with van der Waals surface area (Å²) in [6.07, 6.45) is -5.07. The number of aromatic nitrogens is 2. The minimum atomic E-state index is -4.58. The van der Waals surface area contributed by atoms with Crippen LogP contribution in [0.3, 0.4) is 0 Å². The van der Waals surface area contributed by atoms with Crippen LogP contribution in [-0.4, -0.2) is 21.2 Å². The van der Waals surface area contributed by atoms with Crippen molar-refractivity contribution in [2.45, 2.75) is 13.1 Å². The highest BCUT2D eigenvalue weighted by Gasteiger charge is 2.32. The maximum atomic E-state index is 12.8. The first-order valence-electron chi connectivity index (χ1n) is 8.11. The van der Waals surface area contributed by atoms with E-state index in [1.807, 2.05) is 6.07 Å². The minimum absolute atomic E-state index is 0.0334. The number of carbonyl (C=O) groups is 1. The Labute approximate surface area is 167 Å². The Morgan fingerprint density at radius 3 is 2.59 bits per heavy atom. The summed E-state index contributed by atoms with van der Waals surface area (Å²) >= 11 is 5.94. The van der Waals surface area contributed by atoms with Gasteiger partial charge >= 0.3 is 12.3 Å². The number of hydrogen-bond acceptors (Lipinski definition) is 5. The van der Waals surface area contributed by atoms with Gasteiger partial charge in [0.25, 0.3) is 0 Å². The number of benzene rings is 2. The van der Waals surface area contributed by atoms with Gasteiger partial charge < -0.3 is 15.2 Å². The Hall–Kier alpha value is -3.33. The van der Waals surface area contributed by atoms with Crippen LogP contribution in [0, 0.1) is 6.92 Å². The van der Waals surface area contributed by atoms with E-state index >= 15 is 0 Å². The van der Waals surface area contributed by atoms with Crippen LogP contribution >= 0.6 is 11.6 Å². The molecule has 0 radical (unpaired) electrons. The molecule has 2 aromatic carbocycles. The van der Waals surface area contributed by atoms with E-state index in [-0.39, 0.29) is 16.7 Å². The number of carboxylic acid groups (broad SMARTS) is 1. The summed E-state index contributed by atoms with van der Waals surface area (Å²) in [4.78, 5) is 18.1. The predicted molar refractivity (Wildman–Crippen MR) is 101 cm³/mol. The van der Waals surface area contributed by atoms with Crippen LogP contribution < -0.4 is 10.1 Å². The van der Waals surface area contributed by atoms with Crippen LogP contribution in [-0.2, 0) is 6.18 Å². The molecule has 1 heterocycles. The molecular formula is C19H13ClF3N3O3. The largest absolute Gasteiger partial charge is 0.511 e. The van der Waals surface area contributed by atoms with Gasteiger partial charge in [-0.1, -0.05) is 23.7 Å². The smallest absolute Gasteiger partial charge is 0.449 e. The van der Waals surface area contributed by atoms with Gasteiger partial charge in [0.15, 0.2) is 5.75 Å². The van der Waals surface area contributed by atoms with Crippen molar-refractivity contribution in [2.24, 2.45) is 0 Å². The fraction of sp³-hybridized carbons (Fsp3) is 0.105. The molecule has 0 aliphatic heterocycles. The quantitative estimate of drug-likeness (QED) is 0.400. The van der Waals surface area contributed by atoms with Gasteiger partial charge in [-0.05, 0) is 53.9 Å². The Bertz CT molecular complexity index is 1070. The van der Waals surface area contributed by atoms with Gasteiger partial charge in [-0.3, -0.25) is 0 Å². The van der Waals surface area contributed by atoms with Crippen LogP contribution in [0.1, 0.15) is 11.3 Å². The molecule has 0 saturated carbocycles. The summed E-state index contributed by atoms with van der Waals surface area (Å²) in [5.41, 5.74) is 1.45. The van der Waals surface area contributed by atoms with Crippen molar-refractivity contribution in [3.05, 3.63) is 64.9 Å². The maximum absolute atomic E-state index is 12.8. The SMILES string of the molecule is Cc1cc(Nc2nccc(C(F)(F)F)n2)cc(-c2ccc(Cl)c(OC(=O)O)c2)c1. The molecule has 2 N–H and O–H groups in total. The number of anilines is 2. The van der Waals surface area contributed by atoms with Crippen molar-refractivity contribution < 1.29 is 27.8 Å². The molecule has 0 aliphatic carbocycles. The van der Waals surface area contributed by atoms with E-state index in [4.69, 9.17) is 16.7 Å². The second kappa shape index (κ2) is 7.96. The second-order valence-electron chi connectivity index (χ2n) is 5.99. The van der Waals surface area contributed by atoms with E-state index in [9.17, 15) is 18.0 Å². The van der Waals surface area contributed by atoms with Crippen molar-refractivity contribution in [3.63, 3.8) is 0 Å². The highest BCUT2D eigenvalue weighted by atomic mass is 35.5. The Kier molecular flexibility index (Phi) is 5.60. The lowest BCUT2D eigenvalue weighted by atomic mass is 10.0. The van der Waals surface area contributed by atoms with Crippen LogP contribution in [0.25, 0.3) is 11.1 Å². The van der Waals surface area contributed by atoms with E-state index in [0.717, 1.165) is 17.8 Å². The predicted octanol–water partition coefficient (Wildman–Crippen LogP) is 5.92. The summed E-state index contributed by atoms with van der Waals surface area (Å²) in [5, 5.41) is 11.7. The summed E-state index contributed by atoms with van der Waals surface area (Å²) in [5.74, 6) is -0.240. The van der Waals surface area contributed by atoms with E-state index in [1.165, 1.54) is 12.1 Å². The number of alkyl halides is 3. The first kappa shape index (κ1) is 20.4. The molecule has 10 heteroatoms. The number of ether oxygens (including phenoxy) is 1. The molecule has 0 amide bonds. The summed E-state index contributed by atoms with van der Waals surface area (Å²) < 4.78 is 43.2. The molecule has 1 aromatic heterocycles. The van der Waals surface area contributed by atoms with Crippen LogP contribution in [0.5, 0.6) is 5.75 Å². The number of rotatable bonds is 4. The number of aryl methyl sites for hydroxylation is 1. The number of nitrogens with one attached hydrogen (secondary N) is 1. The zero-order valence-corrected chi connectivity index (χ0v) is 15.5. The maximum Gasteiger partial charge on any atom is 0.511 e. The first-order chi connectivity index (χ1) is 13.6. The van der Waals surface area contributed by atoms with Gasteiger partial charge in [0, 0.05) is 11.9 Å². The lowest BCUT2D eigenvalue weighted by Gasteiger charge is -2.12. The van der Waals surface area contributed by atoms with Gasteiger partial charge in [-0.15, -0.1) is 0 Å². The fourth-order valence-corrected chi connectivity index (χ4v) is 2.74. The van der Waals surface area contributed by atoms with Crippen LogP contribution in [0.15, 0.2) is 48.7 Å². The van der Waals surface area contributed by atoms with Gasteiger partial charge in [-0.2, -0.15) is 13.2 Å². The zero-order chi connectivity index (χ0) is 21.2. The summed E-state index contributed by atoms with van der Waals surface area (Å²) in [6, 6.07) is 10.6. The van der Waals surface area contributed by atoms with Crippen molar-refractivity contribution in [2.75, 3.05) is 5.32 Å². The van der Waals surface area contributed by atoms with Gasteiger partial charge in [0.05, 0.1) is 5.02 Å². The molecule has 3 rings (SSSR count). The number of hydrogen-bond donors (Lipinski definition) is 2. The van der Waals surface area contributed by atoms with E-state index in [0.29, 0.717) is 16.8 Å². The van der Waals surface area contributed by atoms with Crippen molar-refractivity contribution in [3.8, 4) is 16.9 Å². The van der Waals surface area contributed by atoms with E-state index < -0.39 is 18.0 Å². The molecule has 3 aromatic rings. The molecule has 0 bridgehead atoms. The second-order valence-corrected chi connectivity index (χ2v) is 6.40. The van der Waals surface area contributed by atoms with E-state index in [1.54, 1.807) is 25.1 Å². The molecule has 0 atom stereocenters. The molecule has 0 fully saturated rings. The monoisotopic (exact) mass is 423 g/mol. The third-order valence-electron chi connectivity index (χ3n) is 3.74.